The van der Waals surface area contributed by atoms with Crippen molar-refractivity contribution in [2.45, 2.75) is 33.1 Å². The number of benzene rings is 1. The number of nitrogens with zero attached hydrogens (tertiary/aromatic N) is 1. The number of nitrogens with two attached hydrogens (primary N) is 1. The van der Waals surface area contributed by atoms with Crippen LogP contribution in [0, 0.1) is 11.8 Å². The number of hydrogen-bond donors (Lipinski definition) is 3. The van der Waals surface area contributed by atoms with E-state index < -0.39 is 0 Å². The molecule has 1 aromatic heterocycles. The molecule has 1 aromatic carbocycles. The quantitative estimate of drug-likeness (QED) is 0.748. The average molecular weight is 261 g/mol. The number of H-pyrrole nitrogens is 1. The van der Waals surface area contributed by atoms with E-state index in [0.717, 1.165) is 42.7 Å². The van der Waals surface area contributed by atoms with Crippen molar-refractivity contribution in [3.05, 3.63) is 24.0 Å². The molecule has 0 aliphatic heterocycles. The fourth-order valence-electron chi connectivity index (χ4n) is 2.52. The number of rotatable bonds is 6. The van der Waals surface area contributed by atoms with E-state index in [1.165, 1.54) is 0 Å². The van der Waals surface area contributed by atoms with Crippen LogP contribution in [0.25, 0.3) is 11.0 Å². The first-order chi connectivity index (χ1) is 9.10. The standard InChI is InChI=1S/C15H23N3O/c1-10(2)11(7-8-16)3-6-15-17-13-5-4-12(19)9-14(13)18-15/h4-5,9-11,19H,3,6-8,16H2,1-2H3,(H,17,18). The van der Waals surface area contributed by atoms with Gasteiger partial charge < -0.3 is 15.8 Å². The van der Waals surface area contributed by atoms with Gasteiger partial charge in [0.15, 0.2) is 0 Å². The molecule has 0 saturated heterocycles. The summed E-state index contributed by atoms with van der Waals surface area (Å²) in [6, 6.07) is 5.22. The van der Waals surface area contributed by atoms with Crippen molar-refractivity contribution in [1.29, 1.82) is 0 Å². The Kier molecular flexibility index (Phi) is 4.43. The molecule has 1 unspecified atom stereocenters. The largest absolute Gasteiger partial charge is 0.508 e. The predicted molar refractivity (Wildman–Crippen MR) is 78.1 cm³/mol. The fourth-order valence-corrected chi connectivity index (χ4v) is 2.52. The number of fused-ring (bicyclic) bond motifs is 1. The van der Waals surface area contributed by atoms with Crippen molar-refractivity contribution in [3.63, 3.8) is 0 Å². The third kappa shape index (κ3) is 3.47. The van der Waals surface area contributed by atoms with Crippen molar-refractivity contribution in [2.75, 3.05) is 6.54 Å². The topological polar surface area (TPSA) is 74.9 Å². The van der Waals surface area contributed by atoms with Gasteiger partial charge in [0.05, 0.1) is 11.0 Å². The number of aryl methyl sites for hydroxylation is 1. The molecule has 4 N–H and O–H groups in total. The van der Waals surface area contributed by atoms with Gasteiger partial charge in [0, 0.05) is 12.5 Å². The minimum absolute atomic E-state index is 0.269. The molecule has 0 bridgehead atoms. The summed E-state index contributed by atoms with van der Waals surface area (Å²) in [6.45, 7) is 5.24. The highest BCUT2D eigenvalue weighted by Crippen LogP contribution is 2.22. The van der Waals surface area contributed by atoms with Crippen LogP contribution in [0.5, 0.6) is 5.75 Å². The van der Waals surface area contributed by atoms with E-state index in [-0.39, 0.29) is 5.75 Å². The number of phenols is 1. The van der Waals surface area contributed by atoms with Crippen LogP contribution in [-0.4, -0.2) is 21.6 Å². The van der Waals surface area contributed by atoms with Crippen LogP contribution in [0.4, 0.5) is 0 Å². The Morgan fingerprint density at radius 2 is 2.11 bits per heavy atom. The Hall–Kier alpha value is -1.55. The molecule has 1 atom stereocenters. The molecular weight excluding hydrogens is 238 g/mol. The van der Waals surface area contributed by atoms with Crippen LogP contribution >= 0.6 is 0 Å². The lowest BCUT2D eigenvalue weighted by Gasteiger charge is -2.19. The van der Waals surface area contributed by atoms with Gasteiger partial charge in [-0.3, -0.25) is 0 Å². The molecule has 0 spiro atoms. The first-order valence-corrected chi connectivity index (χ1v) is 6.98. The van der Waals surface area contributed by atoms with E-state index in [1.807, 2.05) is 6.07 Å². The average Bonchev–Trinajstić information content (AvgIpc) is 2.75. The summed E-state index contributed by atoms with van der Waals surface area (Å²) in [5, 5.41) is 9.44. The van der Waals surface area contributed by atoms with Gasteiger partial charge in [-0.1, -0.05) is 13.8 Å². The van der Waals surface area contributed by atoms with Gasteiger partial charge in [0.1, 0.15) is 11.6 Å². The molecule has 2 rings (SSSR count). The molecular formula is C15H23N3O. The van der Waals surface area contributed by atoms with Gasteiger partial charge >= 0.3 is 0 Å². The van der Waals surface area contributed by atoms with E-state index in [1.54, 1.807) is 12.1 Å². The molecule has 2 aromatic rings. The first kappa shape index (κ1) is 13.9. The van der Waals surface area contributed by atoms with E-state index in [0.29, 0.717) is 11.8 Å². The second kappa shape index (κ2) is 6.06. The van der Waals surface area contributed by atoms with Gasteiger partial charge in [-0.05, 0) is 43.4 Å². The Balaban J connectivity index is 2.04. The minimum Gasteiger partial charge on any atom is -0.508 e. The Labute approximate surface area is 114 Å². The van der Waals surface area contributed by atoms with Gasteiger partial charge in [-0.2, -0.15) is 0 Å². The van der Waals surface area contributed by atoms with Crippen LogP contribution in [0.15, 0.2) is 18.2 Å². The summed E-state index contributed by atoms with van der Waals surface area (Å²) in [4.78, 5) is 7.82. The van der Waals surface area contributed by atoms with Gasteiger partial charge in [-0.15, -0.1) is 0 Å². The Morgan fingerprint density at radius 1 is 1.32 bits per heavy atom. The number of hydrogen-bond acceptors (Lipinski definition) is 3. The smallest absolute Gasteiger partial charge is 0.117 e. The number of phenolic OH excluding ortho intramolecular Hbond substituents is 1. The molecule has 0 saturated carbocycles. The summed E-state index contributed by atoms with van der Waals surface area (Å²) in [5.74, 6) is 2.55. The molecule has 0 radical (unpaired) electrons. The SMILES string of the molecule is CC(C)C(CCN)CCc1nc2ccc(O)cc2[nH]1. The summed E-state index contributed by atoms with van der Waals surface area (Å²) in [6.07, 6.45) is 3.09. The zero-order chi connectivity index (χ0) is 13.8. The Bertz CT molecular complexity index is 533. The van der Waals surface area contributed by atoms with Crippen LogP contribution < -0.4 is 5.73 Å². The van der Waals surface area contributed by atoms with Crippen LogP contribution in [0.1, 0.15) is 32.5 Å². The predicted octanol–water partition coefficient (Wildman–Crippen LogP) is 2.82. The van der Waals surface area contributed by atoms with Crippen molar-refractivity contribution < 1.29 is 5.11 Å². The van der Waals surface area contributed by atoms with Crippen molar-refractivity contribution >= 4 is 11.0 Å². The molecule has 0 aliphatic carbocycles. The van der Waals surface area contributed by atoms with E-state index in [2.05, 4.69) is 23.8 Å². The minimum atomic E-state index is 0.269. The summed E-state index contributed by atoms with van der Waals surface area (Å²) < 4.78 is 0. The zero-order valence-electron chi connectivity index (χ0n) is 11.7. The highest BCUT2D eigenvalue weighted by Gasteiger charge is 2.13. The first-order valence-electron chi connectivity index (χ1n) is 6.98. The molecule has 0 aliphatic rings. The maximum Gasteiger partial charge on any atom is 0.117 e. The zero-order valence-corrected chi connectivity index (χ0v) is 11.7. The number of aromatic amines is 1. The monoisotopic (exact) mass is 261 g/mol. The molecule has 1 heterocycles. The Morgan fingerprint density at radius 3 is 2.79 bits per heavy atom. The number of aromatic hydroxyl groups is 1. The summed E-state index contributed by atoms with van der Waals surface area (Å²) in [7, 11) is 0. The third-order valence-corrected chi connectivity index (χ3v) is 3.75. The van der Waals surface area contributed by atoms with E-state index in [9.17, 15) is 5.11 Å². The van der Waals surface area contributed by atoms with Gasteiger partial charge in [-0.25, -0.2) is 4.98 Å². The van der Waals surface area contributed by atoms with Crippen molar-refractivity contribution in [3.8, 4) is 5.75 Å². The highest BCUT2D eigenvalue weighted by atomic mass is 16.3. The number of nitrogens with one attached hydrogen (secondary N) is 1. The van der Waals surface area contributed by atoms with Gasteiger partial charge in [0.2, 0.25) is 0 Å². The molecule has 104 valence electrons. The van der Waals surface area contributed by atoms with Crippen LogP contribution in [-0.2, 0) is 6.42 Å². The lowest BCUT2D eigenvalue weighted by molar-refractivity contribution is 0.339. The van der Waals surface area contributed by atoms with Crippen molar-refractivity contribution in [2.24, 2.45) is 17.6 Å². The second-order valence-corrected chi connectivity index (χ2v) is 5.51. The van der Waals surface area contributed by atoms with Crippen LogP contribution in [0.3, 0.4) is 0 Å². The molecule has 0 fully saturated rings. The number of aromatic nitrogens is 2. The lowest BCUT2D eigenvalue weighted by atomic mass is 9.88. The lowest BCUT2D eigenvalue weighted by Crippen LogP contribution is -2.15. The highest BCUT2D eigenvalue weighted by molar-refractivity contribution is 5.76. The molecule has 4 heteroatoms. The molecule has 19 heavy (non-hydrogen) atoms. The van der Waals surface area contributed by atoms with E-state index in [4.69, 9.17) is 5.73 Å². The van der Waals surface area contributed by atoms with E-state index >= 15 is 0 Å². The summed E-state index contributed by atoms with van der Waals surface area (Å²) >= 11 is 0. The van der Waals surface area contributed by atoms with Gasteiger partial charge in [0.25, 0.3) is 0 Å². The molecule has 4 nitrogen and oxygen atoms in total. The fraction of sp³-hybridized carbons (Fsp3) is 0.533. The molecule has 0 amide bonds. The maximum absolute atomic E-state index is 9.44. The second-order valence-electron chi connectivity index (χ2n) is 5.51. The number of imidazole rings is 1. The third-order valence-electron chi connectivity index (χ3n) is 3.75. The van der Waals surface area contributed by atoms with Crippen LogP contribution in [0.2, 0.25) is 0 Å². The normalized spacial score (nSPS) is 13.3. The maximum atomic E-state index is 9.44. The van der Waals surface area contributed by atoms with Crippen molar-refractivity contribution in [1.82, 2.24) is 9.97 Å². The summed E-state index contributed by atoms with van der Waals surface area (Å²) in [5.41, 5.74) is 7.47.